The summed E-state index contributed by atoms with van der Waals surface area (Å²) in [4.78, 5) is 11.4. The first-order valence-electron chi connectivity index (χ1n) is 9.13. The highest BCUT2D eigenvalue weighted by Gasteiger charge is 2.22. The van der Waals surface area contributed by atoms with Gasteiger partial charge in [0.2, 0.25) is 5.75 Å². The number of thioether (sulfide) groups is 1. The second-order valence-corrected chi connectivity index (χ2v) is 7.50. The number of ether oxygens (including phenoxy) is 3. The maximum absolute atomic E-state index is 5.56. The van der Waals surface area contributed by atoms with Crippen LogP contribution in [0.2, 0.25) is 0 Å². The summed E-state index contributed by atoms with van der Waals surface area (Å²) < 4.78 is 16.5. The van der Waals surface area contributed by atoms with Crippen LogP contribution in [-0.2, 0) is 0 Å². The van der Waals surface area contributed by atoms with Gasteiger partial charge in [0.05, 0.1) is 26.7 Å². The summed E-state index contributed by atoms with van der Waals surface area (Å²) in [5.41, 5.74) is 0.713. The molecule has 0 saturated carbocycles. The van der Waals surface area contributed by atoms with E-state index in [4.69, 9.17) is 14.2 Å². The highest BCUT2D eigenvalue weighted by Crippen LogP contribution is 2.43. The van der Waals surface area contributed by atoms with E-state index in [9.17, 15) is 0 Å². The fraction of sp³-hybridized carbons (Fsp3) is 0.579. The molecule has 7 nitrogen and oxygen atoms in total. The van der Waals surface area contributed by atoms with Gasteiger partial charge >= 0.3 is 0 Å². The van der Waals surface area contributed by atoms with Crippen molar-refractivity contribution in [3.05, 3.63) is 12.4 Å². The van der Waals surface area contributed by atoms with E-state index in [1.807, 2.05) is 17.8 Å². The van der Waals surface area contributed by atoms with Crippen molar-refractivity contribution in [2.45, 2.75) is 18.9 Å². The van der Waals surface area contributed by atoms with Crippen molar-refractivity contribution in [2.75, 3.05) is 58.3 Å². The molecule has 1 saturated heterocycles. The van der Waals surface area contributed by atoms with Gasteiger partial charge in [0, 0.05) is 31.4 Å². The number of piperidine rings is 1. The molecule has 8 heteroatoms. The van der Waals surface area contributed by atoms with Gasteiger partial charge in [0.15, 0.2) is 11.5 Å². The molecule has 0 bridgehead atoms. The highest BCUT2D eigenvalue weighted by molar-refractivity contribution is 7.98. The third kappa shape index (κ3) is 4.32. The van der Waals surface area contributed by atoms with E-state index in [2.05, 4.69) is 26.4 Å². The van der Waals surface area contributed by atoms with Crippen molar-refractivity contribution < 1.29 is 14.2 Å². The molecule has 148 valence electrons. The van der Waals surface area contributed by atoms with E-state index in [1.54, 1.807) is 27.7 Å². The fourth-order valence-electron chi connectivity index (χ4n) is 3.49. The van der Waals surface area contributed by atoms with Crippen molar-refractivity contribution in [2.24, 2.45) is 0 Å². The van der Waals surface area contributed by atoms with Crippen LogP contribution in [0.5, 0.6) is 17.2 Å². The van der Waals surface area contributed by atoms with Gasteiger partial charge in [-0.3, -0.25) is 0 Å². The van der Waals surface area contributed by atoms with E-state index in [1.165, 1.54) is 12.3 Å². The predicted molar refractivity (Wildman–Crippen MR) is 111 cm³/mol. The predicted octanol–water partition coefficient (Wildman–Crippen LogP) is 2.89. The zero-order valence-electron chi connectivity index (χ0n) is 16.4. The molecule has 0 atom stereocenters. The summed E-state index contributed by atoms with van der Waals surface area (Å²) in [6.45, 7) is 3.39. The van der Waals surface area contributed by atoms with Gasteiger partial charge in [-0.05, 0) is 25.2 Å². The minimum atomic E-state index is 0.396. The topological polar surface area (TPSA) is 68.7 Å². The Bertz CT molecular complexity index is 766. The SMILES string of the molecule is COc1cc2c(NC3CCN(CCSC)CC3)ncnc2c(OC)c1OC. The lowest BCUT2D eigenvalue weighted by Crippen LogP contribution is -2.40. The maximum Gasteiger partial charge on any atom is 0.205 e. The highest BCUT2D eigenvalue weighted by atomic mass is 32.2. The second-order valence-electron chi connectivity index (χ2n) is 6.52. The van der Waals surface area contributed by atoms with Crippen molar-refractivity contribution in [1.29, 1.82) is 0 Å². The zero-order valence-corrected chi connectivity index (χ0v) is 17.3. The van der Waals surface area contributed by atoms with Crippen LogP contribution in [0.25, 0.3) is 10.9 Å². The molecule has 0 radical (unpaired) electrons. The molecule has 1 aromatic carbocycles. The molecular weight excluding hydrogens is 364 g/mol. The number of benzene rings is 1. The molecule has 1 aliphatic heterocycles. The number of aromatic nitrogens is 2. The van der Waals surface area contributed by atoms with E-state index in [0.717, 1.165) is 37.1 Å². The van der Waals surface area contributed by atoms with E-state index in [0.29, 0.717) is 28.8 Å². The molecule has 1 N–H and O–H groups in total. The van der Waals surface area contributed by atoms with Gasteiger partial charge < -0.3 is 24.4 Å². The lowest BCUT2D eigenvalue weighted by Gasteiger charge is -2.32. The van der Waals surface area contributed by atoms with Crippen LogP contribution in [0.15, 0.2) is 12.4 Å². The average molecular weight is 393 g/mol. The van der Waals surface area contributed by atoms with Crippen LogP contribution in [0.1, 0.15) is 12.8 Å². The molecule has 2 aromatic rings. The zero-order chi connectivity index (χ0) is 19.2. The second kappa shape index (κ2) is 9.32. The third-order valence-corrected chi connectivity index (χ3v) is 5.56. The standard InChI is InChI=1S/C19H28N4O3S/c1-24-15-11-14-16(18(26-3)17(15)25-2)20-12-21-19(14)22-13-5-7-23(8-6-13)9-10-27-4/h11-13H,5-10H2,1-4H3,(H,20,21,22). The maximum atomic E-state index is 5.56. The number of nitrogens with zero attached hydrogens (tertiary/aromatic N) is 3. The Morgan fingerprint density at radius 1 is 1.11 bits per heavy atom. The van der Waals surface area contributed by atoms with Crippen LogP contribution in [0.3, 0.4) is 0 Å². The number of hydrogen-bond acceptors (Lipinski definition) is 8. The summed E-state index contributed by atoms with van der Waals surface area (Å²) in [7, 11) is 4.82. The average Bonchev–Trinajstić information content (AvgIpc) is 2.72. The summed E-state index contributed by atoms with van der Waals surface area (Å²) in [6, 6.07) is 2.31. The Balaban J connectivity index is 1.83. The monoisotopic (exact) mass is 392 g/mol. The van der Waals surface area contributed by atoms with Crippen molar-refractivity contribution >= 4 is 28.5 Å². The molecule has 0 unspecified atom stereocenters. The Morgan fingerprint density at radius 2 is 1.85 bits per heavy atom. The number of likely N-dealkylation sites (tertiary alicyclic amines) is 1. The summed E-state index contributed by atoms with van der Waals surface area (Å²) in [5.74, 6) is 3.70. The number of anilines is 1. The van der Waals surface area contributed by atoms with Gasteiger partial charge in [0.1, 0.15) is 17.7 Å². The molecule has 0 aliphatic carbocycles. The lowest BCUT2D eigenvalue weighted by atomic mass is 10.0. The largest absolute Gasteiger partial charge is 0.493 e. The number of hydrogen-bond donors (Lipinski definition) is 1. The van der Waals surface area contributed by atoms with Crippen molar-refractivity contribution in [3.8, 4) is 17.2 Å². The van der Waals surface area contributed by atoms with Gasteiger partial charge in [-0.2, -0.15) is 11.8 Å². The van der Waals surface area contributed by atoms with Gasteiger partial charge in [0.25, 0.3) is 0 Å². The van der Waals surface area contributed by atoms with Crippen LogP contribution in [0, 0.1) is 0 Å². The van der Waals surface area contributed by atoms with Gasteiger partial charge in [-0.15, -0.1) is 0 Å². The molecule has 1 aromatic heterocycles. The molecule has 1 fully saturated rings. The number of fused-ring (bicyclic) bond motifs is 1. The normalized spacial score (nSPS) is 15.7. The number of methoxy groups -OCH3 is 3. The first kappa shape index (κ1) is 19.8. The molecule has 27 heavy (non-hydrogen) atoms. The minimum absolute atomic E-state index is 0.396. The number of rotatable bonds is 8. The first-order chi connectivity index (χ1) is 13.2. The molecule has 0 amide bonds. The summed E-state index contributed by atoms with van der Waals surface area (Å²) in [6.07, 6.45) is 5.92. The van der Waals surface area contributed by atoms with E-state index >= 15 is 0 Å². The number of nitrogens with one attached hydrogen (secondary N) is 1. The molecular formula is C19H28N4O3S. The van der Waals surface area contributed by atoms with E-state index < -0.39 is 0 Å². The van der Waals surface area contributed by atoms with E-state index in [-0.39, 0.29) is 0 Å². The molecule has 1 aliphatic rings. The van der Waals surface area contributed by atoms with Crippen LogP contribution < -0.4 is 19.5 Å². The Labute approximate surface area is 164 Å². The Morgan fingerprint density at radius 3 is 2.48 bits per heavy atom. The fourth-order valence-corrected chi connectivity index (χ4v) is 3.93. The van der Waals surface area contributed by atoms with Crippen molar-refractivity contribution in [1.82, 2.24) is 14.9 Å². The molecule has 0 spiro atoms. The summed E-state index contributed by atoms with van der Waals surface area (Å²) >= 11 is 1.90. The summed E-state index contributed by atoms with van der Waals surface area (Å²) in [5, 5.41) is 4.48. The van der Waals surface area contributed by atoms with Crippen LogP contribution in [0.4, 0.5) is 5.82 Å². The quantitative estimate of drug-likeness (QED) is 0.735. The first-order valence-corrected chi connectivity index (χ1v) is 10.5. The van der Waals surface area contributed by atoms with Crippen molar-refractivity contribution in [3.63, 3.8) is 0 Å². The van der Waals surface area contributed by atoms with Gasteiger partial charge in [-0.25, -0.2) is 9.97 Å². The van der Waals surface area contributed by atoms with Gasteiger partial charge in [-0.1, -0.05) is 0 Å². The smallest absolute Gasteiger partial charge is 0.205 e. The minimum Gasteiger partial charge on any atom is -0.493 e. The molecule has 3 rings (SSSR count). The Hall–Kier alpha value is -1.93. The van der Waals surface area contributed by atoms with Crippen LogP contribution >= 0.6 is 11.8 Å². The molecule has 2 heterocycles. The van der Waals surface area contributed by atoms with Crippen LogP contribution in [-0.4, -0.2) is 73.9 Å². The third-order valence-electron chi connectivity index (χ3n) is 4.97. The lowest BCUT2D eigenvalue weighted by molar-refractivity contribution is 0.231. The Kier molecular flexibility index (Phi) is 6.84.